The van der Waals surface area contributed by atoms with Gasteiger partial charge in [0.25, 0.3) is 5.91 Å². The van der Waals surface area contributed by atoms with Crippen molar-refractivity contribution in [2.45, 2.75) is 32.9 Å². The van der Waals surface area contributed by atoms with Crippen LogP contribution < -0.4 is 10.5 Å². The van der Waals surface area contributed by atoms with Gasteiger partial charge in [0.2, 0.25) is 0 Å². The van der Waals surface area contributed by atoms with Gasteiger partial charge in [0.05, 0.1) is 12.1 Å². The van der Waals surface area contributed by atoms with Gasteiger partial charge in [0.1, 0.15) is 5.75 Å². The Labute approximate surface area is 118 Å². The summed E-state index contributed by atoms with van der Waals surface area (Å²) in [5, 5.41) is 11.6. The quantitative estimate of drug-likeness (QED) is 0.371. The zero-order valence-corrected chi connectivity index (χ0v) is 12.2. The molecule has 0 spiro atoms. The lowest BCUT2D eigenvalue weighted by Crippen LogP contribution is -2.43. The molecule has 20 heavy (non-hydrogen) atoms. The molecule has 1 aromatic carbocycles. The zero-order chi connectivity index (χ0) is 15.3. The van der Waals surface area contributed by atoms with E-state index in [9.17, 15) is 4.79 Å². The van der Waals surface area contributed by atoms with E-state index in [1.165, 1.54) is 4.90 Å². The van der Waals surface area contributed by atoms with Crippen LogP contribution in [0.2, 0.25) is 0 Å². The molecule has 110 valence electrons. The third-order valence-electron chi connectivity index (χ3n) is 2.90. The van der Waals surface area contributed by atoms with E-state index in [2.05, 4.69) is 5.16 Å². The monoisotopic (exact) mass is 279 g/mol. The van der Waals surface area contributed by atoms with Crippen LogP contribution in [0.15, 0.2) is 29.4 Å². The minimum Gasteiger partial charge on any atom is -0.491 e. The number of oxime groups is 1. The van der Waals surface area contributed by atoms with Crippen LogP contribution in [-0.2, 0) is 0 Å². The van der Waals surface area contributed by atoms with Crippen molar-refractivity contribution in [3.05, 3.63) is 29.8 Å². The van der Waals surface area contributed by atoms with Gasteiger partial charge in [0.15, 0.2) is 5.84 Å². The average Bonchev–Trinajstić information content (AvgIpc) is 2.43. The Hall–Kier alpha value is -2.24. The van der Waals surface area contributed by atoms with Crippen molar-refractivity contribution < 1.29 is 14.7 Å². The van der Waals surface area contributed by atoms with E-state index in [1.807, 2.05) is 13.8 Å². The molecule has 1 atom stereocenters. The van der Waals surface area contributed by atoms with Gasteiger partial charge in [-0.25, -0.2) is 0 Å². The summed E-state index contributed by atoms with van der Waals surface area (Å²) in [5.74, 6) is 0.393. The molecule has 0 aliphatic heterocycles. The summed E-state index contributed by atoms with van der Waals surface area (Å²) >= 11 is 0. The molecular formula is C14H21N3O3. The highest BCUT2D eigenvalue weighted by Crippen LogP contribution is 2.16. The molecule has 1 rings (SSSR count). The van der Waals surface area contributed by atoms with Crippen LogP contribution in [0.25, 0.3) is 0 Å². The molecule has 0 saturated heterocycles. The minimum atomic E-state index is -0.498. The highest BCUT2D eigenvalue weighted by atomic mass is 16.5. The van der Waals surface area contributed by atoms with Gasteiger partial charge in [-0.1, -0.05) is 11.2 Å². The molecular weight excluding hydrogens is 258 g/mol. The van der Waals surface area contributed by atoms with E-state index in [0.29, 0.717) is 11.3 Å². The molecule has 6 nitrogen and oxygen atoms in total. The number of benzene rings is 1. The standard InChI is InChI=1S/C14H21N3O3/c1-9(2)20-12-7-5-6-11(8-12)14(18)17(4)10(3)13(15)16-19/h5-10,19H,1-4H3,(H2,15,16). The summed E-state index contributed by atoms with van der Waals surface area (Å²) < 4.78 is 5.55. The topological polar surface area (TPSA) is 88.2 Å². The number of likely N-dealkylation sites (N-methyl/N-ethyl adjacent to an activating group) is 1. The molecule has 1 aromatic rings. The summed E-state index contributed by atoms with van der Waals surface area (Å²) in [4.78, 5) is 13.7. The van der Waals surface area contributed by atoms with Gasteiger partial charge in [0, 0.05) is 12.6 Å². The Morgan fingerprint density at radius 2 is 2.05 bits per heavy atom. The lowest BCUT2D eigenvalue weighted by molar-refractivity contribution is 0.0775. The predicted octanol–water partition coefficient (Wildman–Crippen LogP) is 1.68. The lowest BCUT2D eigenvalue weighted by atomic mass is 10.1. The molecule has 0 radical (unpaired) electrons. The SMILES string of the molecule is CC(C)Oc1cccc(C(=O)N(C)C(C)C(N)=NO)c1. The molecule has 1 unspecified atom stereocenters. The van der Waals surface area contributed by atoms with E-state index < -0.39 is 6.04 Å². The fraction of sp³-hybridized carbons (Fsp3) is 0.429. The summed E-state index contributed by atoms with van der Waals surface area (Å²) in [6, 6.07) is 6.43. The summed E-state index contributed by atoms with van der Waals surface area (Å²) in [6.07, 6.45) is 0.0363. The van der Waals surface area contributed by atoms with Gasteiger partial charge >= 0.3 is 0 Å². The maximum atomic E-state index is 12.3. The normalized spacial score (nSPS) is 13.2. The number of hydrogen-bond donors (Lipinski definition) is 2. The second kappa shape index (κ2) is 6.79. The number of carbonyl (C=O) groups is 1. The Kier molecular flexibility index (Phi) is 5.37. The first kappa shape index (κ1) is 15.8. The van der Waals surface area contributed by atoms with Crippen LogP contribution in [0.5, 0.6) is 5.75 Å². The Morgan fingerprint density at radius 1 is 1.40 bits per heavy atom. The zero-order valence-electron chi connectivity index (χ0n) is 12.2. The molecule has 1 amide bonds. The number of nitrogens with two attached hydrogens (primary N) is 1. The first-order chi connectivity index (χ1) is 9.36. The van der Waals surface area contributed by atoms with Crippen LogP contribution in [0.3, 0.4) is 0 Å². The number of hydrogen-bond acceptors (Lipinski definition) is 4. The predicted molar refractivity (Wildman–Crippen MR) is 77.2 cm³/mol. The molecule has 0 aliphatic carbocycles. The summed E-state index contributed by atoms with van der Waals surface area (Å²) in [5.41, 5.74) is 6.00. The molecule has 3 N–H and O–H groups in total. The van der Waals surface area contributed by atoms with E-state index in [0.717, 1.165) is 0 Å². The second-order valence-corrected chi connectivity index (χ2v) is 4.81. The number of amidine groups is 1. The van der Waals surface area contributed by atoms with Crippen LogP contribution in [0, 0.1) is 0 Å². The van der Waals surface area contributed by atoms with Gasteiger partial charge in [-0.15, -0.1) is 0 Å². The number of amides is 1. The lowest BCUT2D eigenvalue weighted by Gasteiger charge is -2.24. The van der Waals surface area contributed by atoms with Crippen molar-refractivity contribution in [1.82, 2.24) is 4.90 Å². The van der Waals surface area contributed by atoms with E-state index in [-0.39, 0.29) is 17.8 Å². The largest absolute Gasteiger partial charge is 0.491 e. The average molecular weight is 279 g/mol. The fourth-order valence-electron chi connectivity index (χ4n) is 1.64. The second-order valence-electron chi connectivity index (χ2n) is 4.81. The van der Waals surface area contributed by atoms with Crippen molar-refractivity contribution in [2.24, 2.45) is 10.9 Å². The summed E-state index contributed by atoms with van der Waals surface area (Å²) in [6.45, 7) is 5.52. The minimum absolute atomic E-state index is 0.0181. The molecule has 0 fully saturated rings. The third-order valence-corrected chi connectivity index (χ3v) is 2.90. The van der Waals surface area contributed by atoms with Gasteiger partial charge in [-0.05, 0) is 39.0 Å². The highest BCUT2D eigenvalue weighted by Gasteiger charge is 2.21. The van der Waals surface area contributed by atoms with Crippen LogP contribution in [-0.4, -0.2) is 41.0 Å². The van der Waals surface area contributed by atoms with Crippen LogP contribution in [0.4, 0.5) is 0 Å². The molecule has 0 saturated carbocycles. The summed E-state index contributed by atoms with van der Waals surface area (Å²) in [7, 11) is 1.60. The Balaban J connectivity index is 2.91. The number of nitrogens with zero attached hydrogens (tertiary/aromatic N) is 2. The van der Waals surface area contributed by atoms with Crippen LogP contribution in [0.1, 0.15) is 31.1 Å². The molecule has 0 bridgehead atoms. The number of ether oxygens (including phenoxy) is 1. The molecule has 0 heterocycles. The third kappa shape index (κ3) is 3.88. The number of carbonyl (C=O) groups excluding carboxylic acids is 1. The van der Waals surface area contributed by atoms with Crippen molar-refractivity contribution >= 4 is 11.7 Å². The first-order valence-corrected chi connectivity index (χ1v) is 6.38. The van der Waals surface area contributed by atoms with Crippen molar-refractivity contribution in [3.8, 4) is 5.75 Å². The van der Waals surface area contributed by atoms with Crippen molar-refractivity contribution in [1.29, 1.82) is 0 Å². The molecule has 0 aliphatic rings. The highest BCUT2D eigenvalue weighted by molar-refractivity contribution is 5.98. The van der Waals surface area contributed by atoms with Gasteiger partial charge in [-0.2, -0.15) is 0 Å². The Bertz CT molecular complexity index is 500. The smallest absolute Gasteiger partial charge is 0.254 e. The van der Waals surface area contributed by atoms with Gasteiger partial charge < -0.3 is 20.6 Å². The first-order valence-electron chi connectivity index (χ1n) is 6.38. The maximum absolute atomic E-state index is 12.3. The molecule has 6 heteroatoms. The van der Waals surface area contributed by atoms with Crippen molar-refractivity contribution in [3.63, 3.8) is 0 Å². The van der Waals surface area contributed by atoms with Crippen molar-refractivity contribution in [2.75, 3.05) is 7.05 Å². The van der Waals surface area contributed by atoms with Gasteiger partial charge in [-0.3, -0.25) is 4.79 Å². The number of rotatable bonds is 5. The van der Waals surface area contributed by atoms with E-state index in [1.54, 1.807) is 38.2 Å². The van der Waals surface area contributed by atoms with E-state index in [4.69, 9.17) is 15.7 Å². The van der Waals surface area contributed by atoms with Crippen LogP contribution >= 0.6 is 0 Å². The fourth-order valence-corrected chi connectivity index (χ4v) is 1.64. The van der Waals surface area contributed by atoms with E-state index >= 15 is 0 Å². The molecule has 0 aromatic heterocycles. The Morgan fingerprint density at radius 3 is 2.60 bits per heavy atom. The maximum Gasteiger partial charge on any atom is 0.254 e.